The van der Waals surface area contributed by atoms with Crippen LogP contribution in [0.4, 0.5) is 5.13 Å². The molecule has 0 aliphatic carbocycles. The Hall–Kier alpha value is -2.18. The lowest BCUT2D eigenvalue weighted by molar-refractivity contribution is 0.0825. The molecule has 1 aliphatic rings. The summed E-state index contributed by atoms with van der Waals surface area (Å²) in [5.41, 5.74) is 1.21. The van der Waals surface area contributed by atoms with Crippen molar-refractivity contribution in [3.8, 4) is 10.4 Å². The molecule has 3 aromatic rings. The lowest BCUT2D eigenvalue weighted by Crippen LogP contribution is -2.36. The fraction of sp³-hybridized carbons (Fsp3) is 0.368. The van der Waals surface area contributed by atoms with Crippen LogP contribution >= 0.6 is 11.3 Å². The summed E-state index contributed by atoms with van der Waals surface area (Å²) in [7, 11) is 1.93. The van der Waals surface area contributed by atoms with Gasteiger partial charge in [-0.25, -0.2) is 9.97 Å². The van der Waals surface area contributed by atoms with Gasteiger partial charge in [0, 0.05) is 38.7 Å². The standard InChI is InChI=1S/C19H22N4OS/c1-22-12-9-20-18(22)17(24)15-7-10-23(11-8-15)19-21-13-16(25-19)14-5-3-2-4-6-14/h2-6,9,12-13,15,17,24H,7-8,10-11H2,1H3. The lowest BCUT2D eigenvalue weighted by Gasteiger charge is -2.33. The molecule has 2 aromatic heterocycles. The van der Waals surface area contributed by atoms with Crippen molar-refractivity contribution in [2.24, 2.45) is 13.0 Å². The highest BCUT2D eigenvalue weighted by Crippen LogP contribution is 2.35. The van der Waals surface area contributed by atoms with Gasteiger partial charge < -0.3 is 14.6 Å². The summed E-state index contributed by atoms with van der Waals surface area (Å²) < 4.78 is 1.91. The molecular weight excluding hydrogens is 332 g/mol. The number of nitrogens with zero attached hydrogens (tertiary/aromatic N) is 4. The van der Waals surface area contributed by atoms with Crippen LogP contribution in [0.25, 0.3) is 10.4 Å². The Labute approximate surface area is 151 Å². The summed E-state index contributed by atoms with van der Waals surface area (Å²) in [6.07, 6.45) is 7.01. The van der Waals surface area contributed by atoms with Crippen molar-refractivity contribution in [3.63, 3.8) is 0 Å². The molecule has 1 saturated heterocycles. The molecule has 1 unspecified atom stereocenters. The number of rotatable bonds is 4. The van der Waals surface area contributed by atoms with Crippen LogP contribution in [0.2, 0.25) is 0 Å². The molecule has 6 heteroatoms. The van der Waals surface area contributed by atoms with E-state index < -0.39 is 6.10 Å². The number of hydrogen-bond donors (Lipinski definition) is 1. The second-order valence-corrected chi connectivity index (χ2v) is 7.55. The van der Waals surface area contributed by atoms with Crippen LogP contribution in [0.3, 0.4) is 0 Å². The number of benzene rings is 1. The van der Waals surface area contributed by atoms with E-state index in [2.05, 4.69) is 39.1 Å². The average Bonchev–Trinajstić information content (AvgIpc) is 3.31. The van der Waals surface area contributed by atoms with Gasteiger partial charge in [0.2, 0.25) is 0 Å². The molecule has 3 heterocycles. The average molecular weight is 354 g/mol. The van der Waals surface area contributed by atoms with Crippen LogP contribution in [0, 0.1) is 5.92 Å². The van der Waals surface area contributed by atoms with Crippen molar-refractivity contribution >= 4 is 16.5 Å². The molecule has 0 spiro atoms. The van der Waals surface area contributed by atoms with Crippen molar-refractivity contribution in [1.82, 2.24) is 14.5 Å². The minimum atomic E-state index is -0.488. The zero-order chi connectivity index (χ0) is 17.2. The molecule has 1 aliphatic heterocycles. The van der Waals surface area contributed by atoms with E-state index in [1.807, 2.05) is 30.1 Å². The topological polar surface area (TPSA) is 54.2 Å². The van der Waals surface area contributed by atoms with E-state index in [-0.39, 0.29) is 5.92 Å². The maximum absolute atomic E-state index is 10.6. The quantitative estimate of drug-likeness (QED) is 0.779. The van der Waals surface area contributed by atoms with Crippen LogP contribution in [-0.2, 0) is 7.05 Å². The lowest BCUT2D eigenvalue weighted by atomic mass is 9.91. The zero-order valence-corrected chi connectivity index (χ0v) is 15.1. The Morgan fingerprint density at radius 3 is 2.60 bits per heavy atom. The molecule has 0 saturated carbocycles. The first-order chi connectivity index (χ1) is 12.2. The first kappa shape index (κ1) is 16.3. The highest BCUT2D eigenvalue weighted by Gasteiger charge is 2.29. The van der Waals surface area contributed by atoms with Gasteiger partial charge >= 0.3 is 0 Å². The Morgan fingerprint density at radius 2 is 1.92 bits per heavy atom. The second kappa shape index (κ2) is 6.98. The fourth-order valence-electron chi connectivity index (χ4n) is 3.43. The van der Waals surface area contributed by atoms with Crippen LogP contribution in [0.5, 0.6) is 0 Å². The van der Waals surface area contributed by atoms with Gasteiger partial charge in [-0.3, -0.25) is 0 Å². The number of piperidine rings is 1. The van der Waals surface area contributed by atoms with Crippen LogP contribution in [0.15, 0.2) is 48.9 Å². The number of aliphatic hydroxyl groups excluding tert-OH is 1. The van der Waals surface area contributed by atoms with E-state index in [9.17, 15) is 5.11 Å². The van der Waals surface area contributed by atoms with E-state index in [0.29, 0.717) is 0 Å². The van der Waals surface area contributed by atoms with Gasteiger partial charge in [-0.1, -0.05) is 41.7 Å². The summed E-state index contributed by atoms with van der Waals surface area (Å²) >= 11 is 1.74. The summed E-state index contributed by atoms with van der Waals surface area (Å²) in [6, 6.07) is 10.4. The van der Waals surface area contributed by atoms with Crippen molar-refractivity contribution in [1.29, 1.82) is 0 Å². The molecule has 1 fully saturated rings. The Morgan fingerprint density at radius 1 is 1.16 bits per heavy atom. The Bertz CT molecular complexity index is 821. The molecule has 0 radical (unpaired) electrons. The van der Waals surface area contributed by atoms with Crippen LogP contribution in [0.1, 0.15) is 24.8 Å². The third kappa shape index (κ3) is 3.32. The number of thiazole rings is 1. The number of anilines is 1. The van der Waals surface area contributed by atoms with E-state index in [4.69, 9.17) is 0 Å². The van der Waals surface area contributed by atoms with Gasteiger partial charge in [-0.05, 0) is 24.3 Å². The molecule has 1 aromatic carbocycles. The molecule has 0 bridgehead atoms. The van der Waals surface area contributed by atoms with Crippen LogP contribution in [-0.4, -0.2) is 32.7 Å². The fourth-order valence-corrected chi connectivity index (χ4v) is 4.40. The van der Waals surface area contributed by atoms with Crippen molar-refractivity contribution < 1.29 is 5.11 Å². The number of aromatic nitrogens is 3. The van der Waals surface area contributed by atoms with E-state index in [1.165, 1.54) is 10.4 Å². The third-order valence-corrected chi connectivity index (χ3v) is 6.04. The van der Waals surface area contributed by atoms with Crippen LogP contribution < -0.4 is 4.90 Å². The summed E-state index contributed by atoms with van der Waals surface area (Å²) in [5, 5.41) is 11.7. The molecule has 4 rings (SSSR count). The normalized spacial score (nSPS) is 17.0. The first-order valence-electron chi connectivity index (χ1n) is 8.64. The van der Waals surface area contributed by atoms with Gasteiger partial charge in [-0.2, -0.15) is 0 Å². The summed E-state index contributed by atoms with van der Waals surface area (Å²) in [4.78, 5) is 12.4. The van der Waals surface area contributed by atoms with Gasteiger partial charge in [0.1, 0.15) is 11.9 Å². The van der Waals surface area contributed by atoms with Gasteiger partial charge in [0.15, 0.2) is 5.13 Å². The maximum Gasteiger partial charge on any atom is 0.185 e. The Kier molecular flexibility index (Phi) is 4.55. The molecule has 1 atom stereocenters. The monoisotopic (exact) mass is 354 g/mol. The summed E-state index contributed by atoms with van der Waals surface area (Å²) in [5.74, 6) is 1.02. The van der Waals surface area contributed by atoms with Gasteiger partial charge in [0.05, 0.1) is 4.88 Å². The predicted octanol–water partition coefficient (Wildman–Crippen LogP) is 3.49. The number of imidazole rings is 1. The molecule has 25 heavy (non-hydrogen) atoms. The van der Waals surface area contributed by atoms with Gasteiger partial charge in [0.25, 0.3) is 0 Å². The van der Waals surface area contributed by atoms with E-state index in [1.54, 1.807) is 17.5 Å². The molecule has 130 valence electrons. The third-order valence-electron chi connectivity index (χ3n) is 4.93. The maximum atomic E-state index is 10.6. The summed E-state index contributed by atoms with van der Waals surface area (Å²) in [6.45, 7) is 1.85. The van der Waals surface area contributed by atoms with Crippen molar-refractivity contribution in [2.45, 2.75) is 18.9 Å². The minimum Gasteiger partial charge on any atom is -0.385 e. The molecular formula is C19H22N4OS. The predicted molar refractivity (Wildman–Crippen MR) is 101 cm³/mol. The SMILES string of the molecule is Cn1ccnc1C(O)C1CCN(c2ncc(-c3ccccc3)s2)CC1. The molecule has 0 amide bonds. The number of hydrogen-bond acceptors (Lipinski definition) is 5. The van der Waals surface area contributed by atoms with Crippen molar-refractivity contribution in [3.05, 3.63) is 54.7 Å². The number of aryl methyl sites for hydroxylation is 1. The highest BCUT2D eigenvalue weighted by molar-refractivity contribution is 7.18. The smallest absolute Gasteiger partial charge is 0.185 e. The largest absolute Gasteiger partial charge is 0.385 e. The number of aliphatic hydroxyl groups is 1. The van der Waals surface area contributed by atoms with E-state index in [0.717, 1.165) is 36.9 Å². The molecule has 1 N–H and O–H groups in total. The minimum absolute atomic E-state index is 0.255. The Balaban J connectivity index is 1.41. The zero-order valence-electron chi connectivity index (χ0n) is 14.2. The van der Waals surface area contributed by atoms with Crippen molar-refractivity contribution in [2.75, 3.05) is 18.0 Å². The van der Waals surface area contributed by atoms with Gasteiger partial charge in [-0.15, -0.1) is 0 Å². The second-order valence-electron chi connectivity index (χ2n) is 6.54. The highest BCUT2D eigenvalue weighted by atomic mass is 32.1. The van der Waals surface area contributed by atoms with E-state index >= 15 is 0 Å². The first-order valence-corrected chi connectivity index (χ1v) is 9.45. The molecule has 5 nitrogen and oxygen atoms in total.